The van der Waals surface area contributed by atoms with Crippen LogP contribution in [-0.4, -0.2) is 44.6 Å². The number of carbonyl (C=O) groups is 1. The minimum Gasteiger partial charge on any atom is -0.417 e. The molecule has 0 spiro atoms. The standard InChI is InChI=1S/C30H42BrF4N3O3Si2/c1-29(2,3)43(7,8)41-14-10-13-37-26-24(32)18-23(31)19-25(26)38(20-40-15-16-42(4,5)6)28(37)36-27(39)21-11-9-12-22(17-21)30(33,34)35/h9,11-12,17-19H,10,13-16,20H2,1-8H3/b36-28-. The van der Waals surface area contributed by atoms with E-state index in [0.717, 1.165) is 18.2 Å². The quantitative estimate of drug-likeness (QED) is 0.114. The van der Waals surface area contributed by atoms with Crippen molar-refractivity contribution in [2.24, 2.45) is 4.99 Å². The lowest BCUT2D eigenvalue weighted by Gasteiger charge is -2.36. The fourth-order valence-corrected chi connectivity index (χ4v) is 6.39. The van der Waals surface area contributed by atoms with Crippen molar-refractivity contribution >= 4 is 49.3 Å². The van der Waals surface area contributed by atoms with Crippen LogP contribution in [0.15, 0.2) is 45.9 Å². The van der Waals surface area contributed by atoms with Gasteiger partial charge in [-0.05, 0) is 60.9 Å². The van der Waals surface area contributed by atoms with E-state index in [-0.39, 0.29) is 35.0 Å². The van der Waals surface area contributed by atoms with Crippen molar-refractivity contribution in [2.75, 3.05) is 13.2 Å². The summed E-state index contributed by atoms with van der Waals surface area (Å²) in [6.07, 6.45) is -4.11. The van der Waals surface area contributed by atoms with Crippen molar-refractivity contribution in [2.45, 2.75) is 90.5 Å². The maximum absolute atomic E-state index is 15.6. The summed E-state index contributed by atoms with van der Waals surface area (Å²) >= 11 is 3.36. The van der Waals surface area contributed by atoms with Gasteiger partial charge in [-0.2, -0.15) is 18.2 Å². The van der Waals surface area contributed by atoms with Crippen molar-refractivity contribution in [3.63, 3.8) is 0 Å². The monoisotopic (exact) mass is 703 g/mol. The van der Waals surface area contributed by atoms with Crippen LogP contribution in [0, 0.1) is 5.82 Å². The predicted octanol–water partition coefficient (Wildman–Crippen LogP) is 8.83. The molecule has 1 aromatic heterocycles. The summed E-state index contributed by atoms with van der Waals surface area (Å²) in [5.74, 6) is -1.40. The summed E-state index contributed by atoms with van der Waals surface area (Å²) in [7, 11) is -3.44. The van der Waals surface area contributed by atoms with E-state index in [2.05, 4.69) is 74.4 Å². The Balaban J connectivity index is 2.12. The molecule has 0 saturated carbocycles. The second-order valence-electron chi connectivity index (χ2n) is 13.4. The summed E-state index contributed by atoms with van der Waals surface area (Å²) in [5, 5.41) is 0.0136. The van der Waals surface area contributed by atoms with Crippen LogP contribution >= 0.6 is 15.9 Å². The van der Waals surface area contributed by atoms with Crippen LogP contribution in [0.4, 0.5) is 17.6 Å². The number of aryl methyl sites for hydroxylation is 1. The van der Waals surface area contributed by atoms with Crippen LogP contribution < -0.4 is 5.62 Å². The lowest BCUT2D eigenvalue weighted by molar-refractivity contribution is -0.137. The van der Waals surface area contributed by atoms with Crippen LogP contribution in [0.1, 0.15) is 43.1 Å². The topological polar surface area (TPSA) is 57.8 Å². The molecule has 0 aliphatic heterocycles. The van der Waals surface area contributed by atoms with Gasteiger partial charge in [-0.15, -0.1) is 0 Å². The van der Waals surface area contributed by atoms with Gasteiger partial charge in [0.05, 0.1) is 11.1 Å². The first-order valence-electron chi connectivity index (χ1n) is 14.3. The Hall–Kier alpha value is -2.07. The number of fused-ring (bicyclic) bond motifs is 1. The Morgan fingerprint density at radius 2 is 1.67 bits per heavy atom. The van der Waals surface area contributed by atoms with Gasteiger partial charge in [0.25, 0.3) is 5.91 Å². The highest BCUT2D eigenvalue weighted by atomic mass is 79.9. The van der Waals surface area contributed by atoms with Gasteiger partial charge in [-0.25, -0.2) is 4.39 Å². The highest BCUT2D eigenvalue weighted by Crippen LogP contribution is 2.36. The largest absolute Gasteiger partial charge is 0.417 e. The van der Waals surface area contributed by atoms with Crippen molar-refractivity contribution in [1.82, 2.24) is 9.13 Å². The molecule has 0 bridgehead atoms. The average molecular weight is 705 g/mol. The Bertz CT molecular complexity index is 1520. The zero-order valence-electron chi connectivity index (χ0n) is 26.2. The first-order chi connectivity index (χ1) is 19.7. The summed E-state index contributed by atoms with van der Waals surface area (Å²) in [6, 6.07) is 8.07. The molecular weight excluding hydrogens is 662 g/mol. The number of halogens is 5. The van der Waals surface area contributed by atoms with E-state index in [9.17, 15) is 18.0 Å². The Morgan fingerprint density at radius 1 is 1.00 bits per heavy atom. The van der Waals surface area contributed by atoms with Gasteiger partial charge in [-0.3, -0.25) is 9.36 Å². The summed E-state index contributed by atoms with van der Waals surface area (Å²) < 4.78 is 71.7. The van der Waals surface area contributed by atoms with Gasteiger partial charge in [0.1, 0.15) is 18.1 Å². The molecule has 6 nitrogen and oxygen atoms in total. The molecule has 3 aromatic rings. The fraction of sp³-hybridized carbons (Fsp3) is 0.533. The number of hydrogen-bond acceptors (Lipinski definition) is 3. The number of amides is 1. The third-order valence-corrected chi connectivity index (χ3v) is 14.4. The molecule has 1 amide bonds. The lowest BCUT2D eigenvalue weighted by atomic mass is 10.1. The minimum absolute atomic E-state index is 0.0136. The lowest BCUT2D eigenvalue weighted by Crippen LogP contribution is -2.41. The number of hydrogen-bond donors (Lipinski definition) is 0. The van der Waals surface area contributed by atoms with E-state index in [4.69, 9.17) is 9.16 Å². The molecule has 1 heterocycles. The molecule has 43 heavy (non-hydrogen) atoms. The van der Waals surface area contributed by atoms with E-state index >= 15 is 4.39 Å². The van der Waals surface area contributed by atoms with Gasteiger partial charge in [0.2, 0.25) is 5.62 Å². The first kappa shape index (κ1) is 35.4. The SMILES string of the molecule is CC(C)(C)[Si](C)(C)OCCCn1/c(=N/C(=O)c2cccc(C(F)(F)F)c2)n(COCC[Si](C)(C)C)c2cc(Br)cc(F)c21. The maximum Gasteiger partial charge on any atom is 0.416 e. The van der Waals surface area contributed by atoms with Gasteiger partial charge in [0, 0.05) is 37.9 Å². The summed E-state index contributed by atoms with van der Waals surface area (Å²) in [4.78, 5) is 17.6. The zero-order valence-corrected chi connectivity index (χ0v) is 29.7. The molecular formula is C30H42BrF4N3O3Si2. The van der Waals surface area contributed by atoms with E-state index in [1.165, 1.54) is 18.2 Å². The molecule has 13 heteroatoms. The highest BCUT2D eigenvalue weighted by Gasteiger charge is 2.37. The van der Waals surface area contributed by atoms with Crippen LogP contribution in [0.5, 0.6) is 0 Å². The van der Waals surface area contributed by atoms with Crippen LogP contribution in [0.25, 0.3) is 11.0 Å². The number of carbonyl (C=O) groups excluding carboxylic acids is 1. The normalized spacial score (nSPS) is 13.7. The molecule has 0 fully saturated rings. The smallest absolute Gasteiger partial charge is 0.416 e. The summed E-state index contributed by atoms with van der Waals surface area (Å²) in [5.41, 5.74) is -0.411. The van der Waals surface area contributed by atoms with Crippen LogP contribution in [-0.2, 0) is 28.6 Å². The zero-order chi connectivity index (χ0) is 32.4. The third kappa shape index (κ3) is 9.22. The van der Waals surface area contributed by atoms with Crippen molar-refractivity contribution < 1.29 is 31.5 Å². The van der Waals surface area contributed by atoms with Gasteiger partial charge < -0.3 is 13.7 Å². The highest BCUT2D eigenvalue weighted by molar-refractivity contribution is 9.10. The molecule has 0 atom stereocenters. The number of imidazole rings is 1. The van der Waals surface area contributed by atoms with Gasteiger partial charge in [-0.1, -0.05) is 62.4 Å². The van der Waals surface area contributed by atoms with Crippen molar-refractivity contribution in [1.29, 1.82) is 0 Å². The van der Waals surface area contributed by atoms with Gasteiger partial charge >= 0.3 is 6.18 Å². The van der Waals surface area contributed by atoms with Crippen LogP contribution in [0.3, 0.4) is 0 Å². The molecule has 0 aliphatic rings. The Labute approximate surface area is 261 Å². The average Bonchev–Trinajstić information content (AvgIpc) is 3.14. The molecule has 238 valence electrons. The maximum atomic E-state index is 15.6. The van der Waals surface area contributed by atoms with Crippen LogP contribution in [0.2, 0.25) is 43.8 Å². The van der Waals surface area contributed by atoms with Gasteiger partial charge in [0.15, 0.2) is 8.32 Å². The first-order valence-corrected chi connectivity index (χ1v) is 21.7. The number of rotatable bonds is 11. The second-order valence-corrected chi connectivity index (χ2v) is 24.8. The minimum atomic E-state index is -4.62. The molecule has 0 unspecified atom stereocenters. The second kappa shape index (κ2) is 13.5. The van der Waals surface area contributed by atoms with Crippen molar-refractivity contribution in [3.8, 4) is 0 Å². The Morgan fingerprint density at radius 3 is 2.28 bits per heavy atom. The fourth-order valence-electron chi connectivity index (χ4n) is 4.12. The number of benzene rings is 2. The predicted molar refractivity (Wildman–Crippen MR) is 171 cm³/mol. The number of ether oxygens (including phenoxy) is 1. The number of nitrogens with zero attached hydrogens (tertiary/aromatic N) is 3. The van der Waals surface area contributed by atoms with E-state index in [1.807, 2.05) is 0 Å². The molecule has 0 radical (unpaired) electrons. The molecule has 0 saturated heterocycles. The summed E-state index contributed by atoms with van der Waals surface area (Å²) in [6.45, 7) is 18.5. The number of alkyl halides is 3. The number of aromatic nitrogens is 2. The Kier molecular flexibility index (Phi) is 11.1. The van der Waals surface area contributed by atoms with Crippen molar-refractivity contribution in [3.05, 3.63) is 63.4 Å². The van der Waals surface area contributed by atoms with E-state index in [0.29, 0.717) is 29.6 Å². The van der Waals surface area contributed by atoms with E-state index < -0.39 is 39.9 Å². The third-order valence-electron chi connectivity index (χ3n) is 7.70. The molecule has 2 aromatic carbocycles. The molecule has 0 aliphatic carbocycles. The molecule has 3 rings (SSSR count). The molecule has 0 N–H and O–H groups in total. The van der Waals surface area contributed by atoms with E-state index in [1.54, 1.807) is 15.2 Å².